The summed E-state index contributed by atoms with van der Waals surface area (Å²) in [5.41, 5.74) is 0.901. The number of carbonyl (C=O) groups is 2. The van der Waals surface area contributed by atoms with Crippen LogP contribution in [0.5, 0.6) is 0 Å². The third-order valence-electron chi connectivity index (χ3n) is 3.40. The number of ketones is 2. The van der Waals surface area contributed by atoms with Gasteiger partial charge < -0.3 is 0 Å². The zero-order valence-corrected chi connectivity index (χ0v) is 11.1. The van der Waals surface area contributed by atoms with Crippen molar-refractivity contribution in [2.75, 3.05) is 0 Å². The van der Waals surface area contributed by atoms with Crippen molar-refractivity contribution in [2.24, 2.45) is 5.92 Å². The maximum Gasteiger partial charge on any atom is 0.269 e. The second-order valence-corrected chi connectivity index (χ2v) is 5.55. The number of fused-ring (bicyclic) bond motifs is 1. The molecule has 1 aromatic heterocycles. The van der Waals surface area contributed by atoms with Crippen LogP contribution < -0.4 is 0 Å². The Morgan fingerprint density at radius 2 is 1.95 bits per heavy atom. The Kier molecular flexibility index (Phi) is 2.94. The van der Waals surface area contributed by atoms with Crippen LogP contribution in [0.3, 0.4) is 0 Å². The minimum atomic E-state index is -0.682. The number of carbonyl (C=O) groups excluding carboxylic acids is 2. The predicted molar refractivity (Wildman–Crippen MR) is 73.3 cm³/mol. The topological polar surface area (TPSA) is 77.3 Å². The molecule has 0 saturated carbocycles. The molecule has 0 radical (unpaired) electrons. The number of Topliss-reactive ketones (excluding diaryl/α,β-unsaturated/α-hetero) is 2. The molecule has 1 aliphatic carbocycles. The number of nitro benzene ring substituents is 1. The summed E-state index contributed by atoms with van der Waals surface area (Å²) < 4.78 is 0. The number of non-ortho nitro benzene ring substituents is 1. The first kappa shape index (κ1) is 12.7. The van der Waals surface area contributed by atoms with Crippen LogP contribution in [-0.4, -0.2) is 16.5 Å². The van der Waals surface area contributed by atoms with E-state index in [0.717, 1.165) is 4.88 Å². The molecule has 0 fully saturated rings. The lowest BCUT2D eigenvalue weighted by atomic mass is 9.94. The quantitative estimate of drug-likeness (QED) is 0.376. The van der Waals surface area contributed by atoms with Gasteiger partial charge in [0, 0.05) is 28.1 Å². The van der Waals surface area contributed by atoms with E-state index in [1.54, 1.807) is 6.07 Å². The van der Waals surface area contributed by atoms with Crippen molar-refractivity contribution in [1.82, 2.24) is 0 Å². The molecule has 5 nitrogen and oxygen atoms in total. The van der Waals surface area contributed by atoms with Gasteiger partial charge in [-0.2, -0.15) is 0 Å². The van der Waals surface area contributed by atoms with E-state index >= 15 is 0 Å². The first-order chi connectivity index (χ1) is 9.58. The van der Waals surface area contributed by atoms with Crippen molar-refractivity contribution in [3.8, 4) is 0 Å². The van der Waals surface area contributed by atoms with Crippen LogP contribution in [0, 0.1) is 16.0 Å². The summed E-state index contributed by atoms with van der Waals surface area (Å²) in [6, 6.07) is 7.11. The van der Waals surface area contributed by atoms with E-state index in [1.165, 1.54) is 35.6 Å². The van der Waals surface area contributed by atoms with Gasteiger partial charge >= 0.3 is 0 Å². The van der Waals surface area contributed by atoms with Crippen molar-refractivity contribution < 1.29 is 14.5 Å². The molecule has 1 atom stereocenters. The van der Waals surface area contributed by atoms with Gasteiger partial charge in [-0.05, 0) is 30.0 Å². The summed E-state index contributed by atoms with van der Waals surface area (Å²) in [4.78, 5) is 35.4. The van der Waals surface area contributed by atoms with E-state index in [4.69, 9.17) is 0 Å². The van der Waals surface area contributed by atoms with Crippen molar-refractivity contribution in [1.29, 1.82) is 0 Å². The molecule has 20 heavy (non-hydrogen) atoms. The lowest BCUT2D eigenvalue weighted by molar-refractivity contribution is -0.384. The summed E-state index contributed by atoms with van der Waals surface area (Å²) in [5, 5.41) is 12.4. The van der Waals surface area contributed by atoms with Gasteiger partial charge in [-0.3, -0.25) is 19.7 Å². The Balaban J connectivity index is 1.85. The highest BCUT2D eigenvalue weighted by Gasteiger charge is 2.36. The Labute approximate surface area is 118 Å². The number of nitrogens with zero attached hydrogens (tertiary/aromatic N) is 1. The average Bonchev–Trinajstić information content (AvgIpc) is 3.02. The third-order valence-corrected chi connectivity index (χ3v) is 4.34. The number of thiophene rings is 1. The van der Waals surface area contributed by atoms with Crippen molar-refractivity contribution in [3.63, 3.8) is 0 Å². The van der Waals surface area contributed by atoms with Crippen LogP contribution in [0.1, 0.15) is 25.6 Å². The van der Waals surface area contributed by atoms with Gasteiger partial charge in [0.1, 0.15) is 0 Å². The highest BCUT2D eigenvalue weighted by molar-refractivity contribution is 7.10. The minimum absolute atomic E-state index is 0.0709. The molecule has 0 N–H and O–H groups in total. The Bertz CT molecular complexity index is 717. The number of nitro groups is 1. The zero-order valence-electron chi connectivity index (χ0n) is 10.2. The van der Waals surface area contributed by atoms with Gasteiger partial charge in [-0.25, -0.2) is 0 Å². The molecule has 2 aromatic rings. The number of hydrogen-bond donors (Lipinski definition) is 0. The summed E-state index contributed by atoms with van der Waals surface area (Å²) in [6.07, 6.45) is 0.432. The van der Waals surface area contributed by atoms with Crippen LogP contribution in [-0.2, 0) is 6.42 Å². The standard InChI is InChI=1S/C14H9NO4S/c16-13(8-1-3-9(4-2-8)15(18)19)11-7-12-10(14(11)17)5-6-20-12/h1-6,11H,7H2. The third kappa shape index (κ3) is 1.94. The smallest absolute Gasteiger partial charge is 0.269 e. The molecule has 0 saturated heterocycles. The Morgan fingerprint density at radius 1 is 1.25 bits per heavy atom. The molecule has 1 unspecified atom stereocenters. The Morgan fingerprint density at radius 3 is 2.55 bits per heavy atom. The normalized spacial score (nSPS) is 17.0. The fourth-order valence-electron chi connectivity index (χ4n) is 2.34. The van der Waals surface area contributed by atoms with Gasteiger partial charge in [-0.15, -0.1) is 11.3 Å². The second kappa shape index (κ2) is 4.64. The molecule has 0 bridgehead atoms. The van der Waals surface area contributed by atoms with Gasteiger partial charge in [0.2, 0.25) is 0 Å². The van der Waals surface area contributed by atoms with E-state index in [1.807, 2.05) is 5.38 Å². The van der Waals surface area contributed by atoms with Gasteiger partial charge in [0.15, 0.2) is 11.6 Å². The van der Waals surface area contributed by atoms with Crippen molar-refractivity contribution in [3.05, 3.63) is 61.8 Å². The van der Waals surface area contributed by atoms with E-state index in [2.05, 4.69) is 0 Å². The molecule has 6 heteroatoms. The van der Waals surface area contributed by atoms with Crippen LogP contribution in [0.15, 0.2) is 35.7 Å². The Hall–Kier alpha value is -2.34. The average molecular weight is 287 g/mol. The maximum absolute atomic E-state index is 12.3. The van der Waals surface area contributed by atoms with E-state index in [-0.39, 0.29) is 17.3 Å². The first-order valence-corrected chi connectivity index (χ1v) is 6.85. The SMILES string of the molecule is O=C(c1ccc([N+](=O)[O-])cc1)C1Cc2sccc2C1=O. The van der Waals surface area contributed by atoms with Crippen molar-refractivity contribution >= 4 is 28.6 Å². The van der Waals surface area contributed by atoms with E-state index < -0.39 is 10.8 Å². The number of rotatable bonds is 3. The molecule has 100 valence electrons. The second-order valence-electron chi connectivity index (χ2n) is 4.55. The van der Waals surface area contributed by atoms with Crippen molar-refractivity contribution in [2.45, 2.75) is 6.42 Å². The molecular formula is C14H9NO4S. The van der Waals surface area contributed by atoms with Crippen LogP contribution in [0.4, 0.5) is 5.69 Å². The van der Waals surface area contributed by atoms with Gasteiger partial charge in [0.25, 0.3) is 5.69 Å². The van der Waals surface area contributed by atoms with Crippen LogP contribution >= 0.6 is 11.3 Å². The van der Waals surface area contributed by atoms with Gasteiger partial charge in [0.05, 0.1) is 10.8 Å². The van der Waals surface area contributed by atoms with E-state index in [9.17, 15) is 19.7 Å². The van der Waals surface area contributed by atoms with Crippen LogP contribution in [0.25, 0.3) is 0 Å². The molecule has 0 amide bonds. The first-order valence-electron chi connectivity index (χ1n) is 5.97. The maximum atomic E-state index is 12.3. The van der Waals surface area contributed by atoms with E-state index in [0.29, 0.717) is 17.5 Å². The molecule has 0 aliphatic heterocycles. The predicted octanol–water partition coefficient (Wildman–Crippen LogP) is 2.89. The molecule has 1 aliphatic rings. The molecule has 3 rings (SSSR count). The monoisotopic (exact) mass is 287 g/mol. The molecule has 1 heterocycles. The lowest BCUT2D eigenvalue weighted by Crippen LogP contribution is -2.20. The zero-order chi connectivity index (χ0) is 14.3. The number of benzene rings is 1. The fraction of sp³-hybridized carbons (Fsp3) is 0.143. The summed E-state index contributed by atoms with van der Waals surface area (Å²) >= 11 is 1.48. The minimum Gasteiger partial charge on any atom is -0.293 e. The lowest BCUT2D eigenvalue weighted by Gasteiger charge is -2.06. The molecular weight excluding hydrogens is 278 g/mol. The van der Waals surface area contributed by atoms with Crippen LogP contribution in [0.2, 0.25) is 0 Å². The fourth-order valence-corrected chi connectivity index (χ4v) is 3.27. The number of hydrogen-bond acceptors (Lipinski definition) is 5. The largest absolute Gasteiger partial charge is 0.293 e. The summed E-state index contributed by atoms with van der Waals surface area (Å²) in [5.74, 6) is -1.10. The summed E-state index contributed by atoms with van der Waals surface area (Å²) in [6.45, 7) is 0. The highest BCUT2D eigenvalue weighted by Crippen LogP contribution is 2.33. The highest BCUT2D eigenvalue weighted by atomic mass is 32.1. The summed E-state index contributed by atoms with van der Waals surface area (Å²) in [7, 11) is 0. The molecule has 1 aromatic carbocycles. The molecule has 0 spiro atoms. The van der Waals surface area contributed by atoms with Gasteiger partial charge in [-0.1, -0.05) is 0 Å².